The number of aryl methyl sites for hydroxylation is 1. The Morgan fingerprint density at radius 3 is 2.61 bits per heavy atom. The van der Waals surface area contributed by atoms with Crippen LogP contribution in [0.15, 0.2) is 41.6 Å². The number of nitrogens with two attached hydrogens (primary N) is 1. The van der Waals surface area contributed by atoms with Crippen LogP contribution in [0.25, 0.3) is 0 Å². The fraction of sp³-hybridized carbons (Fsp3) is 0.0909. The van der Waals surface area contributed by atoms with Crippen molar-refractivity contribution in [2.24, 2.45) is 0 Å². The van der Waals surface area contributed by atoms with Crippen molar-refractivity contribution in [1.29, 1.82) is 0 Å². The first-order valence-electron chi connectivity index (χ1n) is 5.14. The standard InChI is InChI=1S/C11H12N4O2S/c1-8-6-9(4-5-13-8)15-18(16,17)10-2-3-11(12)14-7-10/h2-7H,1H3,(H2,12,14)(H,13,15). The summed E-state index contributed by atoms with van der Waals surface area (Å²) in [7, 11) is -3.64. The molecule has 0 aliphatic rings. The topological polar surface area (TPSA) is 98.0 Å². The molecule has 94 valence electrons. The summed E-state index contributed by atoms with van der Waals surface area (Å²) >= 11 is 0. The molecule has 2 aromatic rings. The van der Waals surface area contributed by atoms with Gasteiger partial charge in [-0.1, -0.05) is 0 Å². The first-order valence-corrected chi connectivity index (χ1v) is 6.63. The highest BCUT2D eigenvalue weighted by atomic mass is 32.2. The second-order valence-corrected chi connectivity index (χ2v) is 5.39. The summed E-state index contributed by atoms with van der Waals surface area (Å²) in [4.78, 5) is 7.80. The summed E-state index contributed by atoms with van der Waals surface area (Å²) in [6.45, 7) is 1.78. The number of pyridine rings is 2. The van der Waals surface area contributed by atoms with E-state index in [0.29, 0.717) is 5.69 Å². The van der Waals surface area contributed by atoms with E-state index >= 15 is 0 Å². The monoisotopic (exact) mass is 264 g/mol. The van der Waals surface area contributed by atoms with E-state index in [1.165, 1.54) is 24.5 Å². The lowest BCUT2D eigenvalue weighted by molar-refractivity contribution is 0.601. The lowest BCUT2D eigenvalue weighted by atomic mass is 10.3. The number of sulfonamides is 1. The average molecular weight is 264 g/mol. The molecule has 6 nitrogen and oxygen atoms in total. The molecule has 3 N–H and O–H groups in total. The Bertz CT molecular complexity index is 653. The fourth-order valence-electron chi connectivity index (χ4n) is 1.37. The molecule has 2 aromatic heterocycles. The van der Waals surface area contributed by atoms with E-state index in [9.17, 15) is 8.42 Å². The zero-order chi connectivity index (χ0) is 13.2. The minimum atomic E-state index is -3.64. The molecule has 2 heterocycles. The van der Waals surface area contributed by atoms with Crippen molar-refractivity contribution in [3.05, 3.63) is 42.4 Å². The van der Waals surface area contributed by atoms with Crippen molar-refractivity contribution < 1.29 is 8.42 Å². The molecular formula is C11H12N4O2S. The third kappa shape index (κ3) is 2.75. The van der Waals surface area contributed by atoms with E-state index in [2.05, 4.69) is 14.7 Å². The molecule has 0 unspecified atom stereocenters. The summed E-state index contributed by atoms with van der Waals surface area (Å²) in [5, 5.41) is 0. The van der Waals surface area contributed by atoms with Gasteiger partial charge in [-0.2, -0.15) is 0 Å². The van der Waals surface area contributed by atoms with Crippen molar-refractivity contribution in [1.82, 2.24) is 9.97 Å². The predicted molar refractivity (Wildman–Crippen MR) is 68.4 cm³/mol. The molecule has 0 aliphatic carbocycles. The van der Waals surface area contributed by atoms with Gasteiger partial charge in [0.2, 0.25) is 0 Å². The summed E-state index contributed by atoms with van der Waals surface area (Å²) in [5.74, 6) is 0.272. The number of nitrogens with one attached hydrogen (secondary N) is 1. The van der Waals surface area contributed by atoms with Gasteiger partial charge in [0.15, 0.2) is 0 Å². The minimum absolute atomic E-state index is 0.0613. The zero-order valence-corrected chi connectivity index (χ0v) is 10.5. The van der Waals surface area contributed by atoms with Crippen molar-refractivity contribution in [3.8, 4) is 0 Å². The van der Waals surface area contributed by atoms with E-state index in [1.807, 2.05) is 0 Å². The van der Waals surface area contributed by atoms with Crippen LogP contribution in [-0.2, 0) is 10.0 Å². The molecule has 0 bridgehead atoms. The fourth-order valence-corrected chi connectivity index (χ4v) is 2.37. The van der Waals surface area contributed by atoms with Gasteiger partial charge in [0, 0.05) is 18.1 Å². The molecule has 0 saturated carbocycles. The Morgan fingerprint density at radius 2 is 2.00 bits per heavy atom. The Kier molecular flexibility index (Phi) is 3.15. The van der Waals surface area contributed by atoms with Gasteiger partial charge in [-0.3, -0.25) is 9.71 Å². The van der Waals surface area contributed by atoms with E-state index in [1.54, 1.807) is 19.1 Å². The Hall–Kier alpha value is -2.15. The summed E-state index contributed by atoms with van der Waals surface area (Å²) < 4.78 is 26.5. The Morgan fingerprint density at radius 1 is 1.22 bits per heavy atom. The first-order chi connectivity index (χ1) is 8.47. The molecule has 0 aliphatic heterocycles. The van der Waals surface area contributed by atoms with Crippen molar-refractivity contribution in [2.75, 3.05) is 10.5 Å². The van der Waals surface area contributed by atoms with Crippen LogP contribution in [0, 0.1) is 6.92 Å². The Labute approximate surface area is 105 Å². The van der Waals surface area contributed by atoms with E-state index in [-0.39, 0.29) is 10.7 Å². The summed E-state index contributed by atoms with van der Waals surface area (Å²) in [6, 6.07) is 6.06. The number of nitrogens with zero attached hydrogens (tertiary/aromatic N) is 2. The van der Waals surface area contributed by atoms with E-state index in [0.717, 1.165) is 5.69 Å². The molecule has 0 aromatic carbocycles. The lowest BCUT2D eigenvalue weighted by Gasteiger charge is -2.08. The Balaban J connectivity index is 2.30. The van der Waals surface area contributed by atoms with Gasteiger partial charge < -0.3 is 5.73 Å². The zero-order valence-electron chi connectivity index (χ0n) is 9.66. The first kappa shape index (κ1) is 12.3. The number of rotatable bonds is 3. The molecule has 0 fully saturated rings. The number of anilines is 2. The van der Waals surface area contributed by atoms with Crippen LogP contribution < -0.4 is 10.5 Å². The van der Waals surface area contributed by atoms with Crippen molar-refractivity contribution in [3.63, 3.8) is 0 Å². The highest BCUT2D eigenvalue weighted by Crippen LogP contribution is 2.15. The van der Waals surface area contributed by atoms with Crippen LogP contribution >= 0.6 is 0 Å². The average Bonchev–Trinajstić information content (AvgIpc) is 2.29. The van der Waals surface area contributed by atoms with Gasteiger partial charge in [-0.05, 0) is 31.2 Å². The number of hydrogen-bond acceptors (Lipinski definition) is 5. The summed E-state index contributed by atoms with van der Waals surface area (Å²) in [5.41, 5.74) is 6.59. The molecule has 2 rings (SSSR count). The second-order valence-electron chi connectivity index (χ2n) is 3.71. The van der Waals surface area contributed by atoms with Crippen LogP contribution in [-0.4, -0.2) is 18.4 Å². The molecule has 0 amide bonds. The van der Waals surface area contributed by atoms with Gasteiger partial charge in [-0.15, -0.1) is 0 Å². The molecular weight excluding hydrogens is 252 g/mol. The third-order valence-corrected chi connectivity index (χ3v) is 3.58. The molecule has 0 radical (unpaired) electrons. The van der Waals surface area contributed by atoms with Crippen LogP contribution in [0.4, 0.5) is 11.5 Å². The molecule has 18 heavy (non-hydrogen) atoms. The van der Waals surface area contributed by atoms with Gasteiger partial charge in [-0.25, -0.2) is 13.4 Å². The maximum absolute atomic E-state index is 12.0. The largest absolute Gasteiger partial charge is 0.384 e. The number of nitrogen functional groups attached to an aromatic ring is 1. The van der Waals surface area contributed by atoms with Gasteiger partial charge in [0.25, 0.3) is 10.0 Å². The SMILES string of the molecule is Cc1cc(NS(=O)(=O)c2ccc(N)nc2)ccn1. The number of aromatic nitrogens is 2. The number of hydrogen-bond donors (Lipinski definition) is 2. The van der Waals surface area contributed by atoms with Crippen LogP contribution in [0.3, 0.4) is 0 Å². The van der Waals surface area contributed by atoms with E-state index < -0.39 is 10.0 Å². The van der Waals surface area contributed by atoms with Crippen LogP contribution in [0.5, 0.6) is 0 Å². The highest BCUT2D eigenvalue weighted by Gasteiger charge is 2.14. The minimum Gasteiger partial charge on any atom is -0.384 e. The molecule has 0 spiro atoms. The van der Waals surface area contributed by atoms with Crippen LogP contribution in [0.1, 0.15) is 5.69 Å². The maximum atomic E-state index is 12.0. The lowest BCUT2D eigenvalue weighted by Crippen LogP contribution is -2.13. The smallest absolute Gasteiger partial charge is 0.263 e. The van der Waals surface area contributed by atoms with Crippen molar-refractivity contribution in [2.45, 2.75) is 11.8 Å². The van der Waals surface area contributed by atoms with E-state index in [4.69, 9.17) is 5.73 Å². The highest BCUT2D eigenvalue weighted by molar-refractivity contribution is 7.92. The molecule has 7 heteroatoms. The van der Waals surface area contributed by atoms with Gasteiger partial charge >= 0.3 is 0 Å². The summed E-state index contributed by atoms with van der Waals surface area (Å²) in [6.07, 6.45) is 2.75. The quantitative estimate of drug-likeness (QED) is 0.867. The van der Waals surface area contributed by atoms with Crippen LogP contribution in [0.2, 0.25) is 0 Å². The maximum Gasteiger partial charge on any atom is 0.263 e. The molecule has 0 atom stereocenters. The molecule has 0 saturated heterocycles. The second kappa shape index (κ2) is 4.61. The normalized spacial score (nSPS) is 11.2. The van der Waals surface area contributed by atoms with Gasteiger partial charge in [0.1, 0.15) is 10.7 Å². The van der Waals surface area contributed by atoms with Gasteiger partial charge in [0.05, 0.1) is 5.69 Å². The predicted octanol–water partition coefficient (Wildman–Crippen LogP) is 1.17. The van der Waals surface area contributed by atoms with Crippen molar-refractivity contribution >= 4 is 21.5 Å². The third-order valence-electron chi connectivity index (χ3n) is 2.22.